The Labute approximate surface area is 229 Å². The highest BCUT2D eigenvalue weighted by Gasteiger charge is 2.38. The summed E-state index contributed by atoms with van der Waals surface area (Å²) in [7, 11) is 2.07. The van der Waals surface area contributed by atoms with Gasteiger partial charge < -0.3 is 15.1 Å². The van der Waals surface area contributed by atoms with Gasteiger partial charge in [-0.3, -0.25) is 9.28 Å². The Balaban J connectivity index is 1.36. The fourth-order valence-corrected chi connectivity index (χ4v) is 6.24. The average Bonchev–Trinajstić information content (AvgIpc) is 3.00. The normalized spacial score (nSPS) is 19.2. The molecule has 3 heterocycles. The number of hydrogen-bond donors (Lipinski definition) is 1. The molecule has 0 atom stereocenters. The molecule has 39 heavy (non-hydrogen) atoms. The van der Waals surface area contributed by atoms with Crippen molar-refractivity contribution in [3.63, 3.8) is 0 Å². The van der Waals surface area contributed by atoms with E-state index in [1.165, 1.54) is 0 Å². The second kappa shape index (κ2) is 10.9. The molecule has 3 aromatic carbocycles. The van der Waals surface area contributed by atoms with Crippen LogP contribution in [-0.2, 0) is 11.3 Å². The van der Waals surface area contributed by atoms with Crippen molar-refractivity contribution in [2.24, 2.45) is 0 Å². The van der Waals surface area contributed by atoms with E-state index in [0.717, 1.165) is 84.6 Å². The Kier molecular flexibility index (Phi) is 7.21. The van der Waals surface area contributed by atoms with Crippen LogP contribution < -0.4 is 10.2 Å². The monoisotopic (exact) mass is 526 g/mol. The second-order valence-electron chi connectivity index (χ2n) is 11.1. The van der Waals surface area contributed by atoms with E-state index in [2.05, 4.69) is 30.6 Å². The predicted molar refractivity (Wildman–Crippen MR) is 150 cm³/mol. The second-order valence-corrected chi connectivity index (χ2v) is 11.1. The maximum Gasteiger partial charge on any atom is 0.346 e. The van der Waals surface area contributed by atoms with Crippen LogP contribution in [0, 0.1) is 0 Å². The molecule has 202 valence electrons. The molecule has 0 bridgehead atoms. The molecule has 2 saturated heterocycles. The van der Waals surface area contributed by atoms with Gasteiger partial charge in [0.2, 0.25) is 0 Å². The topological polar surface area (TPSA) is 67.9 Å². The van der Waals surface area contributed by atoms with Gasteiger partial charge in [0.1, 0.15) is 0 Å². The van der Waals surface area contributed by atoms with E-state index in [-0.39, 0.29) is 17.7 Å². The zero-order chi connectivity index (χ0) is 26.8. The molecular weight excluding hydrogens is 490 g/mol. The summed E-state index contributed by atoms with van der Waals surface area (Å²) >= 11 is 0. The fourth-order valence-electron chi connectivity index (χ4n) is 6.24. The molecule has 0 aliphatic carbocycles. The smallest absolute Gasteiger partial charge is 0.339 e. The van der Waals surface area contributed by atoms with Crippen molar-refractivity contribution in [3.05, 3.63) is 89.0 Å². The number of rotatable bonds is 4. The summed E-state index contributed by atoms with van der Waals surface area (Å²) < 4.78 is 0.407. The number of likely N-dealkylation sites (tertiary alicyclic amines) is 1. The molecule has 6 rings (SSSR count). The molecule has 7 heteroatoms. The third-order valence-electron chi connectivity index (χ3n) is 8.58. The first-order valence-corrected chi connectivity index (χ1v) is 14.0. The molecular formula is C32H36N3O4+. The van der Waals surface area contributed by atoms with Gasteiger partial charge in [-0.25, -0.2) is 4.79 Å². The number of piperidine rings is 1. The molecule has 2 amide bonds. The molecule has 7 nitrogen and oxygen atoms in total. The molecule has 3 aromatic rings. The van der Waals surface area contributed by atoms with E-state index in [9.17, 15) is 9.59 Å². The first-order chi connectivity index (χ1) is 19.0. The van der Waals surface area contributed by atoms with Crippen molar-refractivity contribution >= 4 is 11.8 Å². The quantitative estimate of drug-likeness (QED) is 0.403. The number of benzene rings is 3. The van der Waals surface area contributed by atoms with Crippen LogP contribution in [0.3, 0.4) is 0 Å². The zero-order valence-corrected chi connectivity index (χ0v) is 22.5. The van der Waals surface area contributed by atoms with Gasteiger partial charge in [0.05, 0.1) is 32.3 Å². The number of piperazine rings is 1. The molecule has 0 spiro atoms. The lowest BCUT2D eigenvalue weighted by molar-refractivity contribution is -0.830. The Morgan fingerprint density at radius 3 is 2.49 bits per heavy atom. The van der Waals surface area contributed by atoms with Gasteiger partial charge in [-0.1, -0.05) is 36.4 Å². The largest absolute Gasteiger partial charge is 0.346 e. The number of carbonyl (C=O) groups is 2. The highest BCUT2D eigenvalue weighted by Crippen LogP contribution is 2.40. The summed E-state index contributed by atoms with van der Waals surface area (Å²) in [4.78, 5) is 39.8. The van der Waals surface area contributed by atoms with E-state index < -0.39 is 0 Å². The molecule has 0 unspecified atom stereocenters. The predicted octanol–water partition coefficient (Wildman–Crippen LogP) is 4.43. The van der Waals surface area contributed by atoms with Gasteiger partial charge in [0.15, 0.2) is 5.75 Å². The average molecular weight is 527 g/mol. The number of nitrogens with zero attached hydrogens (tertiary/aromatic N) is 2. The first kappa shape index (κ1) is 25.7. The van der Waals surface area contributed by atoms with Gasteiger partial charge in [-0.05, 0) is 65.8 Å². The molecule has 1 N–H and O–H groups in total. The van der Waals surface area contributed by atoms with Crippen LogP contribution in [0.5, 0.6) is 5.75 Å². The number of nitrogens with one attached hydrogen (secondary N) is 1. The van der Waals surface area contributed by atoms with Crippen LogP contribution in [0.15, 0.2) is 66.7 Å². The van der Waals surface area contributed by atoms with E-state index >= 15 is 0 Å². The Hall–Kier alpha value is -3.52. The molecule has 0 saturated carbocycles. The summed E-state index contributed by atoms with van der Waals surface area (Å²) in [6, 6.07) is 21.9. The number of likely N-dealkylation sites (N-methyl/N-ethyl adjacent to an activating group) is 1. The van der Waals surface area contributed by atoms with Gasteiger partial charge in [0.25, 0.3) is 5.91 Å². The zero-order valence-electron chi connectivity index (χ0n) is 22.5. The third kappa shape index (κ3) is 5.10. The summed E-state index contributed by atoms with van der Waals surface area (Å²) in [5.41, 5.74) is 5.98. The van der Waals surface area contributed by atoms with Crippen LogP contribution in [0.25, 0.3) is 11.1 Å². The third-order valence-corrected chi connectivity index (χ3v) is 8.58. The maximum atomic E-state index is 14.2. The maximum absolute atomic E-state index is 14.2. The number of fused-ring (bicyclic) bond motifs is 1. The van der Waals surface area contributed by atoms with Crippen molar-refractivity contribution in [1.29, 1.82) is 0 Å². The Morgan fingerprint density at radius 2 is 1.72 bits per heavy atom. The molecule has 3 aliphatic heterocycles. The molecule has 0 aromatic heterocycles. The minimum atomic E-state index is 0.0782. The number of amides is 2. The van der Waals surface area contributed by atoms with Crippen molar-refractivity contribution in [2.45, 2.75) is 25.2 Å². The van der Waals surface area contributed by atoms with Crippen molar-refractivity contribution in [3.8, 4) is 16.9 Å². The standard InChI is InChI=1S/C32H36N3O4/c1-35(19-15-33-16-20-35)32(37)28-9-5-8-27(25-10-11-29-26(22-25)14-21-38-39-29)30(28)23-12-17-34(18-13-23)31(36)24-6-3-2-4-7-24/h2-11,22-23,33H,12-21H2,1H3/q+1. The van der Waals surface area contributed by atoms with Gasteiger partial charge in [0, 0.05) is 43.7 Å². The van der Waals surface area contributed by atoms with Gasteiger partial charge >= 0.3 is 5.91 Å². The Bertz CT molecular complexity index is 1360. The minimum absolute atomic E-state index is 0.0782. The minimum Gasteiger partial charge on any atom is -0.339 e. The summed E-state index contributed by atoms with van der Waals surface area (Å²) in [6.07, 6.45) is 2.44. The van der Waals surface area contributed by atoms with E-state index in [1.54, 1.807) is 0 Å². The van der Waals surface area contributed by atoms with Crippen LogP contribution in [0.2, 0.25) is 0 Å². The van der Waals surface area contributed by atoms with Crippen molar-refractivity contribution in [1.82, 2.24) is 10.2 Å². The number of quaternary nitrogens is 1. The summed E-state index contributed by atoms with van der Waals surface area (Å²) in [5, 5.41) is 3.39. The SMILES string of the molecule is C[N+]1(C(=O)c2cccc(-c3ccc4c(c3)CCOO4)c2C2CCN(C(=O)c3ccccc3)CC2)CCNCC1. The van der Waals surface area contributed by atoms with E-state index in [0.29, 0.717) is 24.2 Å². The lowest BCUT2D eigenvalue weighted by atomic mass is 9.80. The summed E-state index contributed by atoms with van der Waals surface area (Å²) in [6.45, 7) is 5.11. The number of hydrogen-bond acceptors (Lipinski definition) is 5. The molecule has 2 fully saturated rings. The van der Waals surface area contributed by atoms with E-state index in [1.807, 2.05) is 53.4 Å². The van der Waals surface area contributed by atoms with E-state index in [4.69, 9.17) is 9.78 Å². The van der Waals surface area contributed by atoms with Crippen LogP contribution >= 0.6 is 0 Å². The van der Waals surface area contributed by atoms with Crippen molar-refractivity contribution < 1.29 is 23.8 Å². The van der Waals surface area contributed by atoms with Gasteiger partial charge in [-0.15, -0.1) is 0 Å². The molecule has 3 aliphatic rings. The fraction of sp³-hybridized carbons (Fsp3) is 0.375. The highest BCUT2D eigenvalue weighted by molar-refractivity contribution is 5.95. The highest BCUT2D eigenvalue weighted by atomic mass is 17.2. The van der Waals surface area contributed by atoms with Crippen LogP contribution in [0.4, 0.5) is 0 Å². The van der Waals surface area contributed by atoms with Crippen LogP contribution in [0.1, 0.15) is 50.6 Å². The Morgan fingerprint density at radius 1 is 0.949 bits per heavy atom. The first-order valence-electron chi connectivity index (χ1n) is 14.0. The van der Waals surface area contributed by atoms with Crippen molar-refractivity contribution in [2.75, 3.05) is 52.9 Å². The summed E-state index contributed by atoms with van der Waals surface area (Å²) in [5.74, 6) is 1.20. The van der Waals surface area contributed by atoms with Crippen LogP contribution in [-0.4, -0.2) is 74.1 Å². The lowest BCUT2D eigenvalue weighted by Crippen LogP contribution is -2.59. The number of carbonyl (C=O) groups excluding carboxylic acids is 2. The lowest BCUT2D eigenvalue weighted by Gasteiger charge is -2.37. The van der Waals surface area contributed by atoms with Gasteiger partial charge in [-0.2, -0.15) is 4.89 Å². The molecule has 0 radical (unpaired) electrons.